The number of halogens is 6. The molecule has 0 radical (unpaired) electrons. The minimum atomic E-state index is -4.63. The van der Waals surface area contributed by atoms with E-state index >= 15 is 0 Å². The number of benzene rings is 1. The summed E-state index contributed by atoms with van der Waals surface area (Å²) in [6, 6.07) is 1.52. The van der Waals surface area contributed by atoms with Crippen molar-refractivity contribution < 1.29 is 22.7 Å². The van der Waals surface area contributed by atoms with E-state index < -0.39 is 30.6 Å². The zero-order chi connectivity index (χ0) is 13.2. The molecule has 104 valence electrons. The molecule has 1 rings (SSSR count). The van der Waals surface area contributed by atoms with Crippen molar-refractivity contribution in [2.24, 2.45) is 5.73 Å². The molecule has 0 amide bonds. The van der Waals surface area contributed by atoms with Crippen LogP contribution in [0.3, 0.4) is 0 Å². The van der Waals surface area contributed by atoms with Crippen molar-refractivity contribution in [3.05, 3.63) is 34.6 Å². The third-order valence-electron chi connectivity index (χ3n) is 2.24. The van der Waals surface area contributed by atoms with Gasteiger partial charge in [-0.25, -0.2) is 4.39 Å². The highest BCUT2D eigenvalue weighted by Gasteiger charge is 2.38. The molecular weight excluding hydrogens is 297 g/mol. The molecule has 0 aromatic heterocycles. The molecule has 2 atom stereocenters. The van der Waals surface area contributed by atoms with Crippen LogP contribution in [0, 0.1) is 5.82 Å². The Morgan fingerprint density at radius 1 is 1.33 bits per heavy atom. The van der Waals surface area contributed by atoms with E-state index in [1.54, 1.807) is 0 Å². The molecule has 3 N–H and O–H groups in total. The van der Waals surface area contributed by atoms with Crippen molar-refractivity contribution >= 4 is 24.0 Å². The standard InChI is InChI=1S/C10H10ClF4NO.ClH/c11-6-3-1-2-5(9(6)12)7(17)4-8(16)10(13,14)15;/h1-3,7-8,17H,4,16H2;1H/t7-,8+;/m1./s1. The van der Waals surface area contributed by atoms with E-state index in [1.807, 2.05) is 0 Å². The van der Waals surface area contributed by atoms with E-state index in [2.05, 4.69) is 0 Å². The maximum absolute atomic E-state index is 13.4. The molecule has 1 aromatic rings. The fourth-order valence-corrected chi connectivity index (χ4v) is 1.46. The molecule has 0 bridgehead atoms. The second kappa shape index (κ2) is 6.56. The van der Waals surface area contributed by atoms with Gasteiger partial charge in [0.25, 0.3) is 0 Å². The Hall–Kier alpha value is -0.560. The maximum atomic E-state index is 13.4. The molecule has 0 saturated heterocycles. The number of hydrogen-bond acceptors (Lipinski definition) is 2. The van der Waals surface area contributed by atoms with E-state index in [-0.39, 0.29) is 23.0 Å². The first-order valence-electron chi connectivity index (χ1n) is 4.67. The van der Waals surface area contributed by atoms with Crippen LogP contribution >= 0.6 is 24.0 Å². The maximum Gasteiger partial charge on any atom is 0.403 e. The van der Waals surface area contributed by atoms with Gasteiger partial charge < -0.3 is 10.8 Å². The largest absolute Gasteiger partial charge is 0.403 e. The van der Waals surface area contributed by atoms with Crippen molar-refractivity contribution in [2.75, 3.05) is 0 Å². The first-order chi connectivity index (χ1) is 7.73. The zero-order valence-corrected chi connectivity index (χ0v) is 10.5. The van der Waals surface area contributed by atoms with Gasteiger partial charge in [-0.1, -0.05) is 23.7 Å². The van der Waals surface area contributed by atoms with Crippen LogP contribution < -0.4 is 5.73 Å². The molecular formula is C10H11Cl2F4NO. The van der Waals surface area contributed by atoms with Gasteiger partial charge in [0.05, 0.1) is 11.1 Å². The van der Waals surface area contributed by atoms with Crippen LogP contribution in [0.1, 0.15) is 18.1 Å². The lowest BCUT2D eigenvalue weighted by Crippen LogP contribution is -2.38. The molecule has 8 heteroatoms. The SMILES string of the molecule is Cl.N[C@@H](C[C@@H](O)c1cccc(Cl)c1F)C(F)(F)F. The third-order valence-corrected chi connectivity index (χ3v) is 2.53. The average Bonchev–Trinajstić information content (AvgIpc) is 2.20. The van der Waals surface area contributed by atoms with Crippen LogP contribution in [-0.4, -0.2) is 17.3 Å². The number of aliphatic hydroxyl groups excluding tert-OH is 1. The third kappa shape index (κ3) is 4.28. The summed E-state index contributed by atoms with van der Waals surface area (Å²) in [6.45, 7) is 0. The molecule has 0 aliphatic heterocycles. The highest BCUT2D eigenvalue weighted by Crippen LogP contribution is 2.29. The molecule has 1 aromatic carbocycles. The van der Waals surface area contributed by atoms with Gasteiger partial charge in [0.2, 0.25) is 0 Å². The topological polar surface area (TPSA) is 46.2 Å². The van der Waals surface area contributed by atoms with Crippen LogP contribution in [0.2, 0.25) is 5.02 Å². The summed E-state index contributed by atoms with van der Waals surface area (Å²) in [5.74, 6) is -0.934. The lowest BCUT2D eigenvalue weighted by atomic mass is 10.0. The van der Waals surface area contributed by atoms with Crippen molar-refractivity contribution in [3.63, 3.8) is 0 Å². The van der Waals surface area contributed by atoms with Gasteiger partial charge in [0, 0.05) is 12.0 Å². The molecule has 0 aliphatic carbocycles. The second-order valence-corrected chi connectivity index (χ2v) is 3.95. The number of alkyl halides is 3. The first kappa shape index (κ1) is 17.4. The molecule has 0 heterocycles. The Kier molecular flexibility index (Phi) is 6.36. The van der Waals surface area contributed by atoms with Gasteiger partial charge in [-0.2, -0.15) is 13.2 Å². The fourth-order valence-electron chi connectivity index (χ4n) is 1.28. The van der Waals surface area contributed by atoms with Crippen LogP contribution in [0.5, 0.6) is 0 Å². The summed E-state index contributed by atoms with van der Waals surface area (Å²) in [5, 5.41) is 9.22. The predicted octanol–water partition coefficient (Wildman–Crippen LogP) is 3.21. The summed E-state index contributed by atoms with van der Waals surface area (Å²) in [7, 11) is 0. The number of hydrogen-bond donors (Lipinski definition) is 2. The highest BCUT2D eigenvalue weighted by molar-refractivity contribution is 6.30. The lowest BCUT2D eigenvalue weighted by Gasteiger charge is -2.19. The van der Waals surface area contributed by atoms with Gasteiger partial charge >= 0.3 is 6.18 Å². The van der Waals surface area contributed by atoms with Crippen molar-refractivity contribution in [2.45, 2.75) is 24.7 Å². The molecule has 0 spiro atoms. The molecule has 18 heavy (non-hydrogen) atoms. The summed E-state index contributed by atoms with van der Waals surface area (Å²) in [4.78, 5) is 0. The quantitative estimate of drug-likeness (QED) is 0.842. The normalized spacial score (nSPS) is 14.8. The average molecular weight is 308 g/mol. The van der Waals surface area contributed by atoms with Gasteiger partial charge in [-0.3, -0.25) is 0 Å². The van der Waals surface area contributed by atoms with E-state index in [9.17, 15) is 22.7 Å². The Morgan fingerprint density at radius 3 is 2.39 bits per heavy atom. The predicted molar refractivity (Wildman–Crippen MR) is 62.3 cm³/mol. The van der Waals surface area contributed by atoms with Gasteiger partial charge in [-0.15, -0.1) is 12.4 Å². The molecule has 0 saturated carbocycles. The smallest absolute Gasteiger partial charge is 0.388 e. The van der Waals surface area contributed by atoms with Gasteiger partial charge in [0.15, 0.2) is 0 Å². The van der Waals surface area contributed by atoms with Crippen LogP contribution in [0.25, 0.3) is 0 Å². The van der Waals surface area contributed by atoms with E-state index in [0.29, 0.717) is 0 Å². The Morgan fingerprint density at radius 2 is 1.89 bits per heavy atom. The number of aliphatic hydroxyl groups is 1. The van der Waals surface area contributed by atoms with Gasteiger partial charge in [0.1, 0.15) is 11.9 Å². The monoisotopic (exact) mass is 307 g/mol. The molecule has 2 nitrogen and oxygen atoms in total. The Bertz CT molecular complexity index is 400. The number of rotatable bonds is 3. The van der Waals surface area contributed by atoms with Crippen LogP contribution in [0.4, 0.5) is 17.6 Å². The molecule has 0 aliphatic rings. The van der Waals surface area contributed by atoms with Gasteiger partial charge in [-0.05, 0) is 6.07 Å². The minimum Gasteiger partial charge on any atom is -0.388 e. The summed E-state index contributed by atoms with van der Waals surface area (Å²) in [6.07, 6.45) is -7.10. The fraction of sp³-hybridized carbons (Fsp3) is 0.400. The minimum absolute atomic E-state index is 0. The second-order valence-electron chi connectivity index (χ2n) is 3.54. The first-order valence-corrected chi connectivity index (χ1v) is 5.05. The van der Waals surface area contributed by atoms with Crippen molar-refractivity contribution in [3.8, 4) is 0 Å². The number of nitrogens with two attached hydrogens (primary N) is 1. The van der Waals surface area contributed by atoms with Crippen LogP contribution in [0.15, 0.2) is 18.2 Å². The van der Waals surface area contributed by atoms with E-state index in [4.69, 9.17) is 17.3 Å². The van der Waals surface area contributed by atoms with E-state index in [0.717, 1.165) is 6.07 Å². The van der Waals surface area contributed by atoms with E-state index in [1.165, 1.54) is 12.1 Å². The highest BCUT2D eigenvalue weighted by atomic mass is 35.5. The van der Waals surface area contributed by atoms with Crippen molar-refractivity contribution in [1.29, 1.82) is 0 Å². The summed E-state index contributed by atoms with van der Waals surface area (Å²) >= 11 is 5.44. The Balaban J connectivity index is 0.00000289. The summed E-state index contributed by atoms with van der Waals surface area (Å²) < 4.78 is 49.8. The zero-order valence-electron chi connectivity index (χ0n) is 8.92. The molecule has 0 unspecified atom stereocenters. The Labute approximate surface area is 112 Å². The van der Waals surface area contributed by atoms with Crippen LogP contribution in [-0.2, 0) is 0 Å². The van der Waals surface area contributed by atoms with Crippen molar-refractivity contribution in [1.82, 2.24) is 0 Å². The molecule has 0 fully saturated rings. The summed E-state index contributed by atoms with van der Waals surface area (Å²) in [5.41, 5.74) is 4.54. The lowest BCUT2D eigenvalue weighted by molar-refractivity contribution is -0.154.